The Labute approximate surface area is 128 Å². The van der Waals surface area contributed by atoms with E-state index in [1.54, 1.807) is 24.3 Å². The molecule has 0 amide bonds. The first kappa shape index (κ1) is 16.0. The van der Waals surface area contributed by atoms with Crippen LogP contribution in [-0.4, -0.2) is 11.7 Å². The van der Waals surface area contributed by atoms with Crippen LogP contribution in [0.3, 0.4) is 0 Å². The highest BCUT2D eigenvalue weighted by Gasteiger charge is 2.28. The molecule has 112 valence electrons. The smallest absolute Gasteiger partial charge is 0.134 e. The van der Waals surface area contributed by atoms with Gasteiger partial charge in [0.15, 0.2) is 0 Å². The van der Waals surface area contributed by atoms with Crippen LogP contribution in [-0.2, 0) is 0 Å². The quantitative estimate of drug-likeness (QED) is 0.875. The van der Waals surface area contributed by atoms with Crippen molar-refractivity contribution in [2.75, 3.05) is 6.54 Å². The van der Waals surface area contributed by atoms with Crippen LogP contribution in [0.25, 0.3) is 0 Å². The van der Waals surface area contributed by atoms with Gasteiger partial charge in [0.05, 0.1) is 11.7 Å². The van der Waals surface area contributed by atoms with E-state index in [0.29, 0.717) is 22.2 Å². The first-order valence-electron chi connectivity index (χ1n) is 6.22. The zero-order chi connectivity index (χ0) is 15.6. The average molecular weight is 360 g/mol. The van der Waals surface area contributed by atoms with Gasteiger partial charge in [-0.1, -0.05) is 34.1 Å². The molecule has 2 atom stereocenters. The molecule has 0 aromatic heterocycles. The first-order valence-corrected chi connectivity index (χ1v) is 7.02. The van der Waals surface area contributed by atoms with Crippen molar-refractivity contribution in [1.82, 2.24) is 0 Å². The molecule has 2 unspecified atom stereocenters. The maximum Gasteiger partial charge on any atom is 0.134 e. The lowest BCUT2D eigenvalue weighted by Crippen LogP contribution is -2.22. The molecule has 21 heavy (non-hydrogen) atoms. The van der Waals surface area contributed by atoms with Gasteiger partial charge in [0.2, 0.25) is 0 Å². The van der Waals surface area contributed by atoms with Gasteiger partial charge < -0.3 is 10.8 Å². The summed E-state index contributed by atoms with van der Waals surface area (Å²) >= 11 is 3.31. The molecule has 0 aliphatic carbocycles. The summed E-state index contributed by atoms with van der Waals surface area (Å²) in [6, 6.07) is 8.01. The van der Waals surface area contributed by atoms with Gasteiger partial charge in [0.25, 0.3) is 0 Å². The van der Waals surface area contributed by atoms with E-state index in [9.17, 15) is 18.3 Å². The molecule has 0 fully saturated rings. The van der Waals surface area contributed by atoms with Crippen molar-refractivity contribution >= 4 is 15.9 Å². The second-order valence-corrected chi connectivity index (χ2v) is 5.45. The lowest BCUT2D eigenvalue weighted by Gasteiger charge is -2.24. The average Bonchev–Trinajstić information content (AvgIpc) is 2.40. The summed E-state index contributed by atoms with van der Waals surface area (Å²) in [5.41, 5.74) is 5.68. The third kappa shape index (κ3) is 3.28. The third-order valence-corrected chi connectivity index (χ3v) is 4.00. The van der Waals surface area contributed by atoms with Crippen LogP contribution in [0.2, 0.25) is 0 Å². The molecule has 3 N–H and O–H groups in total. The molecule has 0 bridgehead atoms. The minimum absolute atomic E-state index is 0.0277. The Morgan fingerprint density at radius 3 is 2.19 bits per heavy atom. The van der Waals surface area contributed by atoms with E-state index in [1.807, 2.05) is 0 Å². The van der Waals surface area contributed by atoms with Gasteiger partial charge in [0.1, 0.15) is 17.5 Å². The Morgan fingerprint density at radius 2 is 1.67 bits per heavy atom. The van der Waals surface area contributed by atoms with E-state index in [2.05, 4.69) is 15.9 Å². The van der Waals surface area contributed by atoms with Crippen molar-refractivity contribution in [3.8, 4) is 0 Å². The van der Waals surface area contributed by atoms with Crippen molar-refractivity contribution in [2.45, 2.75) is 12.0 Å². The Bertz CT molecular complexity index is 628. The van der Waals surface area contributed by atoms with Crippen LogP contribution in [0, 0.1) is 17.5 Å². The zero-order valence-corrected chi connectivity index (χ0v) is 12.4. The molecular formula is C15H13BrF3NO. The second kappa shape index (κ2) is 6.60. The molecule has 0 aliphatic rings. The van der Waals surface area contributed by atoms with Crippen molar-refractivity contribution in [3.05, 3.63) is 69.4 Å². The standard InChI is InChI=1S/C15H13BrF3NO/c16-11-4-2-1-3-9(11)10(7-20)15(21)14-12(18)5-8(17)6-13(14)19/h1-6,10,15,21H,7,20H2. The molecule has 0 aliphatic heterocycles. The third-order valence-electron chi connectivity index (χ3n) is 3.28. The van der Waals surface area contributed by atoms with Crippen LogP contribution in [0.15, 0.2) is 40.9 Å². The van der Waals surface area contributed by atoms with Gasteiger partial charge in [0, 0.05) is 29.1 Å². The van der Waals surface area contributed by atoms with Gasteiger partial charge in [-0.25, -0.2) is 13.2 Å². The molecule has 0 saturated heterocycles. The number of benzene rings is 2. The minimum Gasteiger partial charge on any atom is -0.388 e. The Morgan fingerprint density at radius 1 is 1.10 bits per heavy atom. The maximum atomic E-state index is 13.8. The van der Waals surface area contributed by atoms with Crippen LogP contribution in [0.4, 0.5) is 13.2 Å². The summed E-state index contributed by atoms with van der Waals surface area (Å²) < 4.78 is 41.2. The van der Waals surface area contributed by atoms with E-state index >= 15 is 0 Å². The van der Waals surface area contributed by atoms with Crippen LogP contribution in [0.5, 0.6) is 0 Å². The largest absolute Gasteiger partial charge is 0.388 e. The van der Waals surface area contributed by atoms with Crippen LogP contribution >= 0.6 is 15.9 Å². The van der Waals surface area contributed by atoms with E-state index in [4.69, 9.17) is 5.73 Å². The molecule has 2 rings (SSSR count). The molecule has 2 aromatic carbocycles. The minimum atomic E-state index is -1.52. The van der Waals surface area contributed by atoms with Gasteiger partial charge in [-0.05, 0) is 11.6 Å². The topological polar surface area (TPSA) is 46.2 Å². The molecule has 0 heterocycles. The number of halogens is 4. The molecule has 6 heteroatoms. The first-order chi connectivity index (χ1) is 9.95. The Kier molecular flexibility index (Phi) is 5.03. The highest BCUT2D eigenvalue weighted by atomic mass is 79.9. The predicted molar refractivity (Wildman–Crippen MR) is 77.2 cm³/mol. The molecular weight excluding hydrogens is 347 g/mol. The number of nitrogens with two attached hydrogens (primary N) is 1. The summed E-state index contributed by atoms with van der Waals surface area (Å²) in [5.74, 6) is -4.03. The van der Waals surface area contributed by atoms with Gasteiger partial charge in [-0.3, -0.25) is 0 Å². The predicted octanol–water partition coefficient (Wildman–Crippen LogP) is 3.64. The summed E-state index contributed by atoms with van der Waals surface area (Å²) in [6.45, 7) is -0.0277. The number of hydrogen-bond donors (Lipinski definition) is 2. The normalized spacial score (nSPS) is 14.0. The number of rotatable bonds is 4. The monoisotopic (exact) mass is 359 g/mol. The van der Waals surface area contributed by atoms with Crippen molar-refractivity contribution in [1.29, 1.82) is 0 Å². The maximum absolute atomic E-state index is 13.8. The number of hydrogen-bond acceptors (Lipinski definition) is 2. The van der Waals surface area contributed by atoms with E-state index < -0.39 is 35.0 Å². The van der Waals surface area contributed by atoms with Gasteiger partial charge in [-0.2, -0.15) is 0 Å². The lowest BCUT2D eigenvalue weighted by atomic mass is 9.88. The van der Waals surface area contributed by atoms with Crippen LogP contribution < -0.4 is 5.73 Å². The number of aliphatic hydroxyl groups excluding tert-OH is 1. The molecule has 0 spiro atoms. The fourth-order valence-corrected chi connectivity index (χ4v) is 2.82. The van der Waals surface area contributed by atoms with Crippen molar-refractivity contribution in [2.24, 2.45) is 5.73 Å². The SMILES string of the molecule is NCC(c1ccccc1Br)C(O)c1c(F)cc(F)cc1F. The highest BCUT2D eigenvalue weighted by Crippen LogP contribution is 2.36. The molecule has 0 saturated carbocycles. The number of aliphatic hydroxyl groups is 1. The van der Waals surface area contributed by atoms with Gasteiger partial charge >= 0.3 is 0 Å². The fourth-order valence-electron chi connectivity index (χ4n) is 2.24. The Hall–Kier alpha value is -1.37. The summed E-state index contributed by atoms with van der Waals surface area (Å²) in [4.78, 5) is 0. The van der Waals surface area contributed by atoms with Crippen molar-refractivity contribution in [3.63, 3.8) is 0 Å². The molecule has 2 aromatic rings. The van der Waals surface area contributed by atoms with E-state index in [-0.39, 0.29) is 6.54 Å². The Balaban J connectivity index is 2.47. The summed E-state index contributed by atoms with van der Waals surface area (Å²) in [7, 11) is 0. The van der Waals surface area contributed by atoms with Gasteiger partial charge in [-0.15, -0.1) is 0 Å². The lowest BCUT2D eigenvalue weighted by molar-refractivity contribution is 0.138. The molecule has 2 nitrogen and oxygen atoms in total. The highest BCUT2D eigenvalue weighted by molar-refractivity contribution is 9.10. The van der Waals surface area contributed by atoms with Crippen LogP contribution in [0.1, 0.15) is 23.1 Å². The van der Waals surface area contributed by atoms with E-state index in [0.717, 1.165) is 0 Å². The fraction of sp³-hybridized carbons (Fsp3) is 0.200. The zero-order valence-electron chi connectivity index (χ0n) is 10.9. The van der Waals surface area contributed by atoms with E-state index in [1.165, 1.54) is 0 Å². The second-order valence-electron chi connectivity index (χ2n) is 4.59. The van der Waals surface area contributed by atoms with Crippen molar-refractivity contribution < 1.29 is 18.3 Å². The summed E-state index contributed by atoms with van der Waals surface area (Å²) in [5, 5.41) is 10.3. The summed E-state index contributed by atoms with van der Waals surface area (Å²) in [6.07, 6.45) is -1.52. The molecule has 0 radical (unpaired) electrons.